The van der Waals surface area contributed by atoms with Crippen LogP contribution in [0.5, 0.6) is 0 Å². The normalized spacial score (nSPS) is 26.4. The molecule has 0 radical (unpaired) electrons. The third kappa shape index (κ3) is 8.00. The van der Waals surface area contributed by atoms with Crippen molar-refractivity contribution < 1.29 is 33.8 Å². The molecular formula is C36H49N7O7. The summed E-state index contributed by atoms with van der Waals surface area (Å²) in [6.45, 7) is 9.89. The maximum atomic E-state index is 14.4. The molecule has 0 spiro atoms. The molecule has 3 N–H and O–H groups in total. The number of hydrogen-bond donors (Lipinski definition) is 3. The average Bonchev–Trinajstić information content (AvgIpc) is 3.38. The van der Waals surface area contributed by atoms with Gasteiger partial charge in [0.25, 0.3) is 5.91 Å². The van der Waals surface area contributed by atoms with Crippen molar-refractivity contribution in [3.8, 4) is 11.3 Å². The molecule has 2 fully saturated rings. The maximum absolute atomic E-state index is 14.4. The number of benzene rings is 1. The standard InChI is InChI=1S/C36H49N7O7/c1-6-41(7-2)32(46)29-28(23-16-12-11-13-17-23)39-43(40-29)25-20-27-30(44)38-36(33(47)48)21-24(36)18-14-9-8-10-15-19-26(31(45)42(27)22-25)37-34(49)50-35(3,4)5/h11-14,16-18,24-27H,6-10,15,19-22H2,1-5H3,(H,37,49)(H,38,44)(H,47,48)/b18-14-/t24-,25+,26+,27+,36-/m1/s1. The predicted molar refractivity (Wildman–Crippen MR) is 184 cm³/mol. The fraction of sp³-hybridized carbons (Fsp3) is 0.583. The summed E-state index contributed by atoms with van der Waals surface area (Å²) in [6, 6.07) is 6.49. The van der Waals surface area contributed by atoms with Gasteiger partial charge < -0.3 is 30.3 Å². The number of carbonyl (C=O) groups is 5. The number of carbonyl (C=O) groups excluding carboxylic acids is 4. The van der Waals surface area contributed by atoms with Crippen LogP contribution in [-0.2, 0) is 19.1 Å². The molecular weight excluding hydrogens is 642 g/mol. The number of nitrogens with zero attached hydrogens (tertiary/aromatic N) is 5. The number of carboxylic acids is 1. The number of ether oxygens (including phenoxy) is 1. The predicted octanol–water partition coefficient (Wildman–Crippen LogP) is 3.94. The molecule has 5 rings (SSSR count). The van der Waals surface area contributed by atoms with Gasteiger partial charge in [-0.05, 0) is 60.3 Å². The monoisotopic (exact) mass is 691 g/mol. The van der Waals surface area contributed by atoms with Crippen LogP contribution < -0.4 is 10.6 Å². The topological polar surface area (TPSA) is 176 Å². The van der Waals surface area contributed by atoms with Crippen LogP contribution in [-0.4, -0.2) is 103 Å². The summed E-state index contributed by atoms with van der Waals surface area (Å²) in [5.74, 6) is -2.90. The molecule has 2 aromatic rings. The van der Waals surface area contributed by atoms with E-state index in [0.29, 0.717) is 37.2 Å². The summed E-state index contributed by atoms with van der Waals surface area (Å²) in [7, 11) is 0. The van der Waals surface area contributed by atoms with Crippen molar-refractivity contribution in [2.24, 2.45) is 5.92 Å². The number of amides is 4. The van der Waals surface area contributed by atoms with Crippen molar-refractivity contribution in [3.63, 3.8) is 0 Å². The van der Waals surface area contributed by atoms with Crippen LogP contribution >= 0.6 is 0 Å². The first-order chi connectivity index (χ1) is 23.8. The van der Waals surface area contributed by atoms with Crippen LogP contribution in [0.2, 0.25) is 0 Å². The number of allylic oxidation sites excluding steroid dienone is 1. The molecule has 0 unspecified atom stereocenters. The van der Waals surface area contributed by atoms with E-state index in [0.717, 1.165) is 19.3 Å². The lowest BCUT2D eigenvalue weighted by molar-refractivity contribution is -0.145. The van der Waals surface area contributed by atoms with E-state index in [-0.39, 0.29) is 36.9 Å². The lowest BCUT2D eigenvalue weighted by Crippen LogP contribution is -2.56. The van der Waals surface area contributed by atoms with Crippen LogP contribution in [0.3, 0.4) is 0 Å². The molecule has 3 aliphatic rings. The third-order valence-electron chi connectivity index (χ3n) is 9.58. The SMILES string of the molecule is CCN(CC)C(=O)c1nn([C@H]2C[C@H]3C(=O)N[C@]4(C(=O)O)C[C@H]4/C=C\CCCCC[C@H](NC(=O)OC(C)(C)C)C(=O)N3C2)nc1-c1ccccc1. The Morgan fingerprint density at radius 2 is 1.80 bits per heavy atom. The molecule has 0 bridgehead atoms. The van der Waals surface area contributed by atoms with E-state index >= 15 is 0 Å². The first-order valence-electron chi connectivity index (χ1n) is 17.6. The lowest BCUT2D eigenvalue weighted by atomic mass is 10.0. The zero-order chi connectivity index (χ0) is 36.2. The van der Waals surface area contributed by atoms with Crippen molar-refractivity contribution in [2.45, 2.75) is 109 Å². The van der Waals surface area contributed by atoms with Crippen molar-refractivity contribution in [1.29, 1.82) is 0 Å². The second-order valence-corrected chi connectivity index (χ2v) is 14.3. The Hall–Kier alpha value is -4.75. The van der Waals surface area contributed by atoms with Gasteiger partial charge >= 0.3 is 12.1 Å². The quantitative estimate of drug-likeness (QED) is 0.363. The Bertz CT molecular complexity index is 1610. The highest BCUT2D eigenvalue weighted by atomic mass is 16.6. The van der Waals surface area contributed by atoms with E-state index in [9.17, 15) is 29.1 Å². The molecule has 5 atom stereocenters. The second-order valence-electron chi connectivity index (χ2n) is 14.3. The van der Waals surface area contributed by atoms with Crippen molar-refractivity contribution in [1.82, 2.24) is 35.4 Å². The lowest BCUT2D eigenvalue weighted by Gasteiger charge is -2.30. The number of rotatable bonds is 7. The molecule has 14 heteroatoms. The van der Waals surface area contributed by atoms with Gasteiger partial charge in [-0.1, -0.05) is 55.3 Å². The van der Waals surface area contributed by atoms with E-state index in [1.807, 2.05) is 56.3 Å². The summed E-state index contributed by atoms with van der Waals surface area (Å²) in [5, 5.41) is 25.1. The number of aromatic nitrogens is 3. The first kappa shape index (κ1) is 36.5. The fourth-order valence-electron chi connectivity index (χ4n) is 6.78. The number of aliphatic carboxylic acids is 1. The van der Waals surface area contributed by atoms with Gasteiger partial charge in [0.2, 0.25) is 11.8 Å². The Morgan fingerprint density at radius 1 is 1.08 bits per heavy atom. The summed E-state index contributed by atoms with van der Waals surface area (Å²) in [6.07, 6.45) is 6.65. The summed E-state index contributed by atoms with van der Waals surface area (Å²) >= 11 is 0. The minimum Gasteiger partial charge on any atom is -0.479 e. The molecule has 2 aliphatic heterocycles. The highest BCUT2D eigenvalue weighted by Gasteiger charge is 2.61. The summed E-state index contributed by atoms with van der Waals surface area (Å²) in [5.41, 5.74) is -1.04. The van der Waals surface area contributed by atoms with Gasteiger partial charge in [-0.2, -0.15) is 9.90 Å². The van der Waals surface area contributed by atoms with Crippen molar-refractivity contribution >= 4 is 29.8 Å². The molecule has 50 heavy (non-hydrogen) atoms. The van der Waals surface area contributed by atoms with Crippen LogP contribution in [0.15, 0.2) is 42.5 Å². The molecule has 1 saturated heterocycles. The van der Waals surface area contributed by atoms with Gasteiger partial charge in [-0.15, -0.1) is 5.10 Å². The van der Waals surface area contributed by atoms with Crippen molar-refractivity contribution in [3.05, 3.63) is 48.2 Å². The average molecular weight is 692 g/mol. The van der Waals surface area contributed by atoms with Gasteiger partial charge in [0.1, 0.15) is 28.9 Å². The molecule has 1 aromatic carbocycles. The van der Waals surface area contributed by atoms with E-state index in [4.69, 9.17) is 9.84 Å². The number of nitrogens with one attached hydrogen (secondary N) is 2. The molecule has 1 aromatic heterocycles. The van der Waals surface area contributed by atoms with Crippen molar-refractivity contribution in [2.75, 3.05) is 19.6 Å². The van der Waals surface area contributed by atoms with Crippen LogP contribution in [0, 0.1) is 5.92 Å². The van der Waals surface area contributed by atoms with E-state index in [2.05, 4.69) is 15.7 Å². The molecule has 270 valence electrons. The van der Waals surface area contributed by atoms with Gasteiger partial charge in [-0.25, -0.2) is 9.59 Å². The summed E-state index contributed by atoms with van der Waals surface area (Å²) in [4.78, 5) is 72.0. The highest BCUT2D eigenvalue weighted by Crippen LogP contribution is 2.45. The van der Waals surface area contributed by atoms with Gasteiger partial charge in [0, 0.05) is 37.5 Å². The first-order valence-corrected chi connectivity index (χ1v) is 17.6. The van der Waals surface area contributed by atoms with Crippen LogP contribution in [0.4, 0.5) is 4.79 Å². The van der Waals surface area contributed by atoms with Gasteiger partial charge in [-0.3, -0.25) is 14.4 Å². The molecule has 4 amide bonds. The largest absolute Gasteiger partial charge is 0.479 e. The van der Waals surface area contributed by atoms with Crippen LogP contribution in [0.25, 0.3) is 11.3 Å². The number of fused-ring (bicyclic) bond motifs is 2. The minimum absolute atomic E-state index is 0.00533. The Balaban J connectivity index is 1.52. The van der Waals surface area contributed by atoms with E-state index in [1.54, 1.807) is 25.7 Å². The highest BCUT2D eigenvalue weighted by molar-refractivity contribution is 5.98. The zero-order valence-electron chi connectivity index (χ0n) is 29.6. The molecule has 14 nitrogen and oxygen atoms in total. The van der Waals surface area contributed by atoms with E-state index in [1.165, 1.54) is 9.70 Å². The van der Waals surface area contributed by atoms with Gasteiger partial charge in [0.05, 0.1) is 6.04 Å². The third-order valence-corrected chi connectivity index (χ3v) is 9.58. The second kappa shape index (κ2) is 15.0. The number of carboxylic acid groups (broad SMARTS) is 1. The van der Waals surface area contributed by atoms with Gasteiger partial charge in [0.15, 0.2) is 5.69 Å². The van der Waals surface area contributed by atoms with Crippen LogP contribution in [0.1, 0.15) is 96.1 Å². The number of alkyl carbamates (subject to hydrolysis) is 1. The molecule has 3 heterocycles. The minimum atomic E-state index is -1.47. The maximum Gasteiger partial charge on any atom is 0.408 e. The zero-order valence-corrected chi connectivity index (χ0v) is 29.6. The molecule has 1 saturated carbocycles. The Morgan fingerprint density at radius 3 is 2.46 bits per heavy atom. The summed E-state index contributed by atoms with van der Waals surface area (Å²) < 4.78 is 5.48. The Labute approximate surface area is 292 Å². The van der Waals surface area contributed by atoms with E-state index < -0.39 is 53.1 Å². The smallest absolute Gasteiger partial charge is 0.408 e. The number of hydrogen-bond acceptors (Lipinski definition) is 8. The molecule has 1 aliphatic carbocycles. The Kier molecular flexibility index (Phi) is 11.0. The fourth-order valence-corrected chi connectivity index (χ4v) is 6.78.